The summed E-state index contributed by atoms with van der Waals surface area (Å²) in [6.45, 7) is 4.13. The smallest absolute Gasteiger partial charge is 0.176 e. The first kappa shape index (κ1) is 9.91. The number of halogens is 1. The summed E-state index contributed by atoms with van der Waals surface area (Å²) in [6.07, 6.45) is 1.94. The highest BCUT2D eigenvalue weighted by Gasteiger charge is 2.26. The van der Waals surface area contributed by atoms with Crippen molar-refractivity contribution in [2.75, 3.05) is 0 Å². The van der Waals surface area contributed by atoms with E-state index in [0.717, 1.165) is 18.4 Å². The third kappa shape index (κ3) is 1.52. The van der Waals surface area contributed by atoms with Gasteiger partial charge in [0.05, 0.1) is 4.83 Å². The van der Waals surface area contributed by atoms with E-state index in [9.17, 15) is 4.79 Å². The molecule has 0 aliphatic heterocycles. The Morgan fingerprint density at radius 3 is 2.79 bits per heavy atom. The number of aryl methyl sites for hydroxylation is 2. The van der Waals surface area contributed by atoms with Crippen molar-refractivity contribution in [3.05, 3.63) is 34.4 Å². The highest BCUT2D eigenvalue weighted by Crippen LogP contribution is 2.28. The van der Waals surface area contributed by atoms with E-state index in [1.54, 1.807) is 0 Å². The molecule has 1 aromatic rings. The van der Waals surface area contributed by atoms with Gasteiger partial charge in [-0.1, -0.05) is 27.6 Å². The van der Waals surface area contributed by atoms with Gasteiger partial charge in [0, 0.05) is 5.56 Å². The maximum absolute atomic E-state index is 11.9. The second-order valence-corrected chi connectivity index (χ2v) is 5.08. The van der Waals surface area contributed by atoms with Gasteiger partial charge in [0.25, 0.3) is 0 Å². The van der Waals surface area contributed by atoms with Gasteiger partial charge in [-0.15, -0.1) is 0 Å². The summed E-state index contributed by atoms with van der Waals surface area (Å²) in [5.74, 6) is 0.248. The zero-order valence-electron chi connectivity index (χ0n) is 8.43. The Morgan fingerprint density at radius 2 is 2.07 bits per heavy atom. The van der Waals surface area contributed by atoms with E-state index >= 15 is 0 Å². The van der Waals surface area contributed by atoms with Crippen molar-refractivity contribution in [3.8, 4) is 0 Å². The predicted octanol–water partition coefficient (Wildman–Crippen LogP) is 3.20. The first-order valence-electron chi connectivity index (χ1n) is 4.88. The summed E-state index contributed by atoms with van der Waals surface area (Å²) in [6, 6.07) is 4.17. The molecule has 0 amide bonds. The molecule has 0 aromatic heterocycles. The van der Waals surface area contributed by atoms with Crippen molar-refractivity contribution in [3.63, 3.8) is 0 Å². The molecule has 0 heterocycles. The minimum Gasteiger partial charge on any atom is -0.293 e. The fraction of sp³-hybridized carbons (Fsp3) is 0.417. The maximum Gasteiger partial charge on any atom is 0.176 e. The summed E-state index contributed by atoms with van der Waals surface area (Å²) >= 11 is 3.42. The van der Waals surface area contributed by atoms with Crippen LogP contribution in [0.1, 0.15) is 33.5 Å². The number of carbonyl (C=O) groups is 1. The van der Waals surface area contributed by atoms with Crippen LogP contribution in [-0.4, -0.2) is 10.6 Å². The molecule has 1 unspecified atom stereocenters. The van der Waals surface area contributed by atoms with Gasteiger partial charge < -0.3 is 0 Å². The van der Waals surface area contributed by atoms with Gasteiger partial charge in [-0.2, -0.15) is 0 Å². The van der Waals surface area contributed by atoms with Crippen LogP contribution in [0.4, 0.5) is 0 Å². The highest BCUT2D eigenvalue weighted by atomic mass is 79.9. The Hall–Kier alpha value is -0.630. The summed E-state index contributed by atoms with van der Waals surface area (Å²) in [4.78, 5) is 11.9. The first-order valence-corrected chi connectivity index (χ1v) is 5.79. The standard InChI is InChI=1S/C12H13BrO/c1-7-5-8(2)9-3-4-11(13)12(14)10(9)6-7/h5-6,11H,3-4H2,1-2H3. The molecule has 1 aromatic carbocycles. The van der Waals surface area contributed by atoms with Crippen molar-refractivity contribution < 1.29 is 4.79 Å². The third-order valence-corrected chi connectivity index (χ3v) is 3.69. The molecule has 1 aliphatic carbocycles. The van der Waals surface area contributed by atoms with E-state index < -0.39 is 0 Å². The molecular weight excluding hydrogens is 240 g/mol. The lowest BCUT2D eigenvalue weighted by Crippen LogP contribution is -2.23. The number of benzene rings is 1. The third-order valence-electron chi connectivity index (χ3n) is 2.82. The Bertz CT molecular complexity index is 396. The first-order chi connectivity index (χ1) is 6.59. The number of Topliss-reactive ketones (excluding diaryl/α,β-unsaturated/α-hetero) is 1. The number of rotatable bonds is 0. The monoisotopic (exact) mass is 252 g/mol. The van der Waals surface area contributed by atoms with Crippen LogP contribution in [0, 0.1) is 13.8 Å². The van der Waals surface area contributed by atoms with Crippen LogP contribution in [0.25, 0.3) is 0 Å². The fourth-order valence-corrected chi connectivity index (χ4v) is 2.60. The van der Waals surface area contributed by atoms with Gasteiger partial charge in [-0.05, 0) is 43.9 Å². The second-order valence-electron chi connectivity index (χ2n) is 3.98. The number of alkyl halides is 1. The highest BCUT2D eigenvalue weighted by molar-refractivity contribution is 9.10. The van der Waals surface area contributed by atoms with Gasteiger partial charge in [0.15, 0.2) is 5.78 Å². The van der Waals surface area contributed by atoms with Gasteiger partial charge in [-0.3, -0.25) is 4.79 Å². The van der Waals surface area contributed by atoms with E-state index in [1.165, 1.54) is 16.7 Å². The number of carbonyl (C=O) groups excluding carboxylic acids is 1. The van der Waals surface area contributed by atoms with Crippen molar-refractivity contribution in [1.82, 2.24) is 0 Å². The molecule has 0 radical (unpaired) electrons. The zero-order valence-corrected chi connectivity index (χ0v) is 10.0. The van der Waals surface area contributed by atoms with E-state index in [2.05, 4.69) is 28.9 Å². The Labute approximate surface area is 92.6 Å². The molecule has 0 N–H and O–H groups in total. The van der Waals surface area contributed by atoms with Crippen LogP contribution < -0.4 is 0 Å². The second kappa shape index (κ2) is 3.50. The number of ketones is 1. The van der Waals surface area contributed by atoms with Crippen LogP contribution in [0.15, 0.2) is 12.1 Å². The van der Waals surface area contributed by atoms with E-state index in [-0.39, 0.29) is 10.6 Å². The van der Waals surface area contributed by atoms with Crippen molar-refractivity contribution in [2.24, 2.45) is 0 Å². The van der Waals surface area contributed by atoms with Crippen LogP contribution in [0.3, 0.4) is 0 Å². The van der Waals surface area contributed by atoms with E-state index in [1.807, 2.05) is 13.0 Å². The zero-order chi connectivity index (χ0) is 10.3. The van der Waals surface area contributed by atoms with Crippen molar-refractivity contribution >= 4 is 21.7 Å². The minimum atomic E-state index is 0.0243. The van der Waals surface area contributed by atoms with Crippen molar-refractivity contribution in [2.45, 2.75) is 31.5 Å². The summed E-state index contributed by atoms with van der Waals surface area (Å²) < 4.78 is 0. The lowest BCUT2D eigenvalue weighted by atomic mass is 9.86. The molecule has 74 valence electrons. The molecule has 1 nitrogen and oxygen atoms in total. The van der Waals surface area contributed by atoms with Crippen LogP contribution in [0.2, 0.25) is 0 Å². The topological polar surface area (TPSA) is 17.1 Å². The Kier molecular flexibility index (Phi) is 2.48. The van der Waals surface area contributed by atoms with Gasteiger partial charge in [0.2, 0.25) is 0 Å². The molecular formula is C12H13BrO. The molecule has 1 aliphatic rings. The van der Waals surface area contributed by atoms with Gasteiger partial charge >= 0.3 is 0 Å². The van der Waals surface area contributed by atoms with Crippen LogP contribution in [0.5, 0.6) is 0 Å². The molecule has 0 fully saturated rings. The molecule has 0 spiro atoms. The fourth-order valence-electron chi connectivity index (χ4n) is 2.12. The predicted molar refractivity (Wildman–Crippen MR) is 61.3 cm³/mol. The Morgan fingerprint density at radius 1 is 1.36 bits per heavy atom. The minimum absolute atomic E-state index is 0.0243. The average molecular weight is 253 g/mol. The van der Waals surface area contributed by atoms with E-state index in [4.69, 9.17) is 0 Å². The van der Waals surface area contributed by atoms with Gasteiger partial charge in [0.1, 0.15) is 0 Å². The van der Waals surface area contributed by atoms with E-state index in [0.29, 0.717) is 0 Å². The Balaban J connectivity index is 2.60. The maximum atomic E-state index is 11.9. The number of fused-ring (bicyclic) bond motifs is 1. The summed E-state index contributed by atoms with van der Waals surface area (Å²) in [5, 5.41) is 0. The molecule has 0 bridgehead atoms. The lowest BCUT2D eigenvalue weighted by Gasteiger charge is -2.21. The molecule has 14 heavy (non-hydrogen) atoms. The molecule has 1 atom stereocenters. The molecule has 2 rings (SSSR count). The SMILES string of the molecule is Cc1cc(C)c2c(c1)C(=O)C(Br)CC2. The van der Waals surface area contributed by atoms with Crippen molar-refractivity contribution in [1.29, 1.82) is 0 Å². The largest absolute Gasteiger partial charge is 0.293 e. The molecule has 2 heteroatoms. The number of hydrogen-bond donors (Lipinski definition) is 0. The molecule has 0 saturated heterocycles. The average Bonchev–Trinajstić information content (AvgIpc) is 2.12. The van der Waals surface area contributed by atoms with Crippen LogP contribution in [-0.2, 0) is 6.42 Å². The summed E-state index contributed by atoms with van der Waals surface area (Å²) in [5.41, 5.74) is 4.61. The number of hydrogen-bond acceptors (Lipinski definition) is 1. The summed E-state index contributed by atoms with van der Waals surface area (Å²) in [7, 11) is 0. The van der Waals surface area contributed by atoms with Gasteiger partial charge in [-0.25, -0.2) is 0 Å². The van der Waals surface area contributed by atoms with Crippen LogP contribution >= 0.6 is 15.9 Å². The normalized spacial score (nSPS) is 20.8. The lowest BCUT2D eigenvalue weighted by molar-refractivity contribution is 0.0981. The quantitative estimate of drug-likeness (QED) is 0.649. The molecule has 0 saturated carbocycles.